The third-order valence-electron chi connectivity index (χ3n) is 3.56. The molecule has 0 bridgehead atoms. The molecule has 0 radical (unpaired) electrons. The van der Waals surface area contributed by atoms with Crippen molar-refractivity contribution in [2.45, 2.75) is 26.8 Å². The number of nitrogens with zero attached hydrogens (tertiary/aromatic N) is 3. The van der Waals surface area contributed by atoms with Gasteiger partial charge in [-0.3, -0.25) is 4.72 Å². The summed E-state index contributed by atoms with van der Waals surface area (Å²) in [7, 11) is -3.43. The molecule has 0 saturated heterocycles. The lowest BCUT2D eigenvalue weighted by molar-refractivity contribution is 0.602. The van der Waals surface area contributed by atoms with E-state index in [1.807, 2.05) is 26.0 Å². The van der Waals surface area contributed by atoms with Crippen LogP contribution in [-0.2, 0) is 10.0 Å². The number of fused-ring (bicyclic) bond motifs is 1. The first-order valence-corrected chi connectivity index (χ1v) is 9.87. The second kappa shape index (κ2) is 7.16. The Kier molecular flexibility index (Phi) is 4.94. The Balaban J connectivity index is 1.97. The maximum atomic E-state index is 12.0. The Morgan fingerprint density at radius 3 is 2.62 bits per heavy atom. The summed E-state index contributed by atoms with van der Waals surface area (Å²) >= 11 is 0. The van der Waals surface area contributed by atoms with Crippen molar-refractivity contribution in [3.05, 3.63) is 30.3 Å². The SMILES string of the molecule is CCS(=O)(=O)Nc1ccc(NC(C)C)nc1Nc1ccc2n[nH]nc2c1. The molecule has 26 heavy (non-hydrogen) atoms. The van der Waals surface area contributed by atoms with Crippen molar-refractivity contribution < 1.29 is 8.42 Å². The summed E-state index contributed by atoms with van der Waals surface area (Å²) in [6, 6.07) is 9.06. The second-order valence-corrected chi connectivity index (χ2v) is 8.06. The van der Waals surface area contributed by atoms with Gasteiger partial charge in [0.2, 0.25) is 10.0 Å². The van der Waals surface area contributed by atoms with Crippen LogP contribution < -0.4 is 15.4 Å². The maximum Gasteiger partial charge on any atom is 0.232 e. The topological polar surface area (TPSA) is 125 Å². The third-order valence-corrected chi connectivity index (χ3v) is 4.85. The van der Waals surface area contributed by atoms with Crippen LogP contribution in [0.5, 0.6) is 0 Å². The predicted octanol–water partition coefficient (Wildman–Crippen LogP) is 2.68. The number of sulfonamides is 1. The number of benzene rings is 1. The summed E-state index contributed by atoms with van der Waals surface area (Å²) in [5, 5.41) is 17.0. The smallest absolute Gasteiger partial charge is 0.232 e. The van der Waals surface area contributed by atoms with Gasteiger partial charge in [-0.25, -0.2) is 13.4 Å². The minimum atomic E-state index is -3.43. The molecule has 4 N–H and O–H groups in total. The molecule has 0 aliphatic heterocycles. The lowest BCUT2D eigenvalue weighted by atomic mass is 10.2. The largest absolute Gasteiger partial charge is 0.368 e. The lowest BCUT2D eigenvalue weighted by Gasteiger charge is -2.16. The predicted molar refractivity (Wildman–Crippen MR) is 103 cm³/mol. The highest BCUT2D eigenvalue weighted by Gasteiger charge is 2.14. The fourth-order valence-electron chi connectivity index (χ4n) is 2.31. The van der Waals surface area contributed by atoms with Crippen LogP contribution in [0.4, 0.5) is 23.0 Å². The van der Waals surface area contributed by atoms with Crippen LogP contribution in [0.1, 0.15) is 20.8 Å². The summed E-state index contributed by atoms with van der Waals surface area (Å²) in [5.41, 5.74) is 2.53. The molecular formula is C16H21N7O2S. The number of nitrogens with one attached hydrogen (secondary N) is 4. The van der Waals surface area contributed by atoms with E-state index in [1.54, 1.807) is 25.1 Å². The third kappa shape index (κ3) is 4.20. The van der Waals surface area contributed by atoms with Gasteiger partial charge in [0.05, 0.1) is 11.4 Å². The van der Waals surface area contributed by atoms with Gasteiger partial charge in [-0.1, -0.05) is 0 Å². The van der Waals surface area contributed by atoms with Crippen molar-refractivity contribution in [3.8, 4) is 0 Å². The maximum absolute atomic E-state index is 12.0. The molecule has 9 nitrogen and oxygen atoms in total. The standard InChI is InChI=1S/C16H21N7O2S/c1-4-26(24,25)22-13-7-8-15(17-10(2)3)19-16(13)18-11-5-6-12-14(9-11)21-23-20-12/h5-10,22H,4H2,1-3H3,(H2,17,18,19)(H,20,21,23). The van der Waals surface area contributed by atoms with E-state index in [0.29, 0.717) is 22.8 Å². The van der Waals surface area contributed by atoms with Crippen LogP contribution in [-0.4, -0.2) is 40.6 Å². The number of anilines is 4. The number of pyridine rings is 1. The van der Waals surface area contributed by atoms with Crippen LogP contribution in [0.25, 0.3) is 11.0 Å². The van der Waals surface area contributed by atoms with Gasteiger partial charge in [-0.05, 0) is 51.1 Å². The van der Waals surface area contributed by atoms with Gasteiger partial charge in [0.1, 0.15) is 16.9 Å². The molecule has 2 aromatic heterocycles. The lowest BCUT2D eigenvalue weighted by Crippen LogP contribution is -2.17. The molecule has 0 amide bonds. The highest BCUT2D eigenvalue weighted by Crippen LogP contribution is 2.27. The first-order valence-electron chi connectivity index (χ1n) is 8.22. The van der Waals surface area contributed by atoms with Crippen molar-refractivity contribution in [1.29, 1.82) is 0 Å². The Morgan fingerprint density at radius 2 is 1.88 bits per heavy atom. The Labute approximate surface area is 151 Å². The number of H-pyrrole nitrogens is 1. The number of aromatic nitrogens is 4. The van der Waals surface area contributed by atoms with Gasteiger partial charge in [0.25, 0.3) is 0 Å². The van der Waals surface area contributed by atoms with Gasteiger partial charge in [0.15, 0.2) is 5.82 Å². The van der Waals surface area contributed by atoms with Crippen LogP contribution in [0.3, 0.4) is 0 Å². The van der Waals surface area contributed by atoms with Crippen molar-refractivity contribution in [1.82, 2.24) is 20.4 Å². The summed E-state index contributed by atoms with van der Waals surface area (Å²) in [6.45, 7) is 5.58. The van der Waals surface area contributed by atoms with E-state index in [9.17, 15) is 8.42 Å². The average molecular weight is 375 g/mol. The van der Waals surface area contributed by atoms with Crippen LogP contribution >= 0.6 is 0 Å². The first kappa shape index (κ1) is 17.9. The van der Waals surface area contributed by atoms with E-state index < -0.39 is 10.0 Å². The summed E-state index contributed by atoms with van der Waals surface area (Å²) in [4.78, 5) is 4.50. The number of rotatable bonds is 7. The fraction of sp³-hybridized carbons (Fsp3) is 0.312. The van der Waals surface area contributed by atoms with Crippen molar-refractivity contribution in [2.75, 3.05) is 21.1 Å². The Morgan fingerprint density at radius 1 is 1.12 bits per heavy atom. The average Bonchev–Trinajstić information content (AvgIpc) is 3.04. The van der Waals surface area contributed by atoms with Gasteiger partial charge in [0, 0.05) is 11.7 Å². The fourth-order valence-corrected chi connectivity index (χ4v) is 2.95. The molecule has 0 unspecified atom stereocenters. The molecule has 0 aliphatic rings. The second-order valence-electron chi connectivity index (χ2n) is 6.05. The van der Waals surface area contributed by atoms with Gasteiger partial charge in [-0.15, -0.1) is 0 Å². The molecule has 138 valence electrons. The van der Waals surface area contributed by atoms with E-state index in [1.165, 1.54) is 0 Å². The van der Waals surface area contributed by atoms with Crippen LogP contribution in [0.2, 0.25) is 0 Å². The zero-order valence-corrected chi connectivity index (χ0v) is 15.6. The van der Waals surface area contributed by atoms with Gasteiger partial charge < -0.3 is 10.6 Å². The Bertz CT molecular complexity index is 1010. The molecule has 0 aliphatic carbocycles. The van der Waals surface area contributed by atoms with E-state index >= 15 is 0 Å². The number of aromatic amines is 1. The van der Waals surface area contributed by atoms with E-state index in [0.717, 1.165) is 11.2 Å². The monoisotopic (exact) mass is 375 g/mol. The first-order chi connectivity index (χ1) is 12.4. The van der Waals surface area contributed by atoms with Crippen molar-refractivity contribution in [3.63, 3.8) is 0 Å². The molecule has 3 rings (SSSR count). The molecule has 0 fully saturated rings. The molecule has 2 heterocycles. The van der Waals surface area contributed by atoms with E-state index in [4.69, 9.17) is 0 Å². The highest BCUT2D eigenvalue weighted by molar-refractivity contribution is 7.92. The van der Waals surface area contributed by atoms with E-state index in [-0.39, 0.29) is 11.8 Å². The van der Waals surface area contributed by atoms with Crippen molar-refractivity contribution >= 4 is 44.1 Å². The normalized spacial score (nSPS) is 11.7. The van der Waals surface area contributed by atoms with Gasteiger partial charge >= 0.3 is 0 Å². The quantitative estimate of drug-likeness (QED) is 0.500. The molecule has 0 atom stereocenters. The summed E-state index contributed by atoms with van der Waals surface area (Å²) in [5.74, 6) is 1.02. The minimum Gasteiger partial charge on any atom is -0.368 e. The summed E-state index contributed by atoms with van der Waals surface area (Å²) < 4.78 is 26.5. The minimum absolute atomic E-state index is 0.0245. The van der Waals surface area contributed by atoms with Crippen molar-refractivity contribution in [2.24, 2.45) is 0 Å². The molecule has 10 heteroatoms. The molecular weight excluding hydrogens is 354 g/mol. The molecule has 0 saturated carbocycles. The Hall–Kier alpha value is -2.88. The molecule has 1 aromatic carbocycles. The number of hydrogen-bond acceptors (Lipinski definition) is 7. The van der Waals surface area contributed by atoms with Gasteiger partial charge in [-0.2, -0.15) is 15.4 Å². The molecule has 0 spiro atoms. The van der Waals surface area contributed by atoms with Crippen LogP contribution in [0, 0.1) is 0 Å². The molecule has 3 aromatic rings. The van der Waals surface area contributed by atoms with E-state index in [2.05, 4.69) is 35.8 Å². The zero-order valence-electron chi connectivity index (χ0n) is 14.7. The summed E-state index contributed by atoms with van der Waals surface area (Å²) in [6.07, 6.45) is 0. The zero-order chi connectivity index (χ0) is 18.7. The van der Waals surface area contributed by atoms with Crippen LogP contribution in [0.15, 0.2) is 30.3 Å². The highest BCUT2D eigenvalue weighted by atomic mass is 32.2. The number of hydrogen-bond donors (Lipinski definition) is 4.